The zero-order valence-corrected chi connectivity index (χ0v) is 40.6. The van der Waals surface area contributed by atoms with Crippen molar-refractivity contribution >= 4 is 27.4 Å². The summed E-state index contributed by atoms with van der Waals surface area (Å²) in [5.41, 5.74) is 20.6. The summed E-state index contributed by atoms with van der Waals surface area (Å²) in [5.74, 6) is 1.11. The summed E-state index contributed by atoms with van der Waals surface area (Å²) < 4.78 is 6.50. The van der Waals surface area contributed by atoms with Crippen molar-refractivity contribution in [1.82, 2.24) is 4.90 Å². The fourth-order valence-corrected chi connectivity index (χ4v) is 9.59. The van der Waals surface area contributed by atoms with Crippen LogP contribution in [0.15, 0.2) is 210 Å². The molecule has 67 heavy (non-hydrogen) atoms. The van der Waals surface area contributed by atoms with Gasteiger partial charge in [-0.2, -0.15) is 0 Å². The zero-order chi connectivity index (χ0) is 46.7. The molecule has 0 unspecified atom stereocenters. The molecule has 1 aromatic heterocycles. The van der Waals surface area contributed by atoms with Crippen LogP contribution < -0.4 is 0 Å². The van der Waals surface area contributed by atoms with E-state index in [-0.39, 0.29) is 0 Å². The first kappa shape index (κ1) is 46.4. The van der Waals surface area contributed by atoms with E-state index in [2.05, 4.69) is 228 Å². The topological polar surface area (TPSA) is 16.4 Å². The van der Waals surface area contributed by atoms with E-state index in [9.17, 15) is 0 Å². The summed E-state index contributed by atoms with van der Waals surface area (Å²) in [6.45, 7) is 14.8. The van der Waals surface area contributed by atoms with Gasteiger partial charge in [0.15, 0.2) is 0 Å². The second kappa shape index (κ2) is 21.9. The number of furan rings is 1. The fourth-order valence-electron chi connectivity index (χ4n) is 9.59. The molecule has 0 fully saturated rings. The second-order valence-corrected chi connectivity index (χ2v) is 17.6. The molecule has 0 atom stereocenters. The van der Waals surface area contributed by atoms with Crippen molar-refractivity contribution in [1.29, 1.82) is 0 Å². The Morgan fingerprint density at radius 2 is 1.15 bits per heavy atom. The first-order chi connectivity index (χ1) is 32.8. The second-order valence-electron chi connectivity index (χ2n) is 17.6. The lowest BCUT2D eigenvalue weighted by molar-refractivity contribution is 0.528. The average molecular weight is 876 g/mol. The lowest BCUT2D eigenvalue weighted by atomic mass is 9.92. The van der Waals surface area contributed by atoms with E-state index in [1.807, 2.05) is 19.9 Å². The van der Waals surface area contributed by atoms with Crippen molar-refractivity contribution in [3.63, 3.8) is 0 Å². The third-order valence-corrected chi connectivity index (χ3v) is 13.0. The van der Waals surface area contributed by atoms with Crippen molar-refractivity contribution < 1.29 is 4.42 Å². The normalized spacial score (nSPS) is 13.7. The lowest BCUT2D eigenvalue weighted by Crippen LogP contribution is -2.23. The van der Waals surface area contributed by atoms with Gasteiger partial charge in [0, 0.05) is 28.8 Å². The van der Waals surface area contributed by atoms with Gasteiger partial charge in [-0.05, 0) is 157 Å². The van der Waals surface area contributed by atoms with Crippen molar-refractivity contribution in [2.75, 3.05) is 0 Å². The van der Waals surface area contributed by atoms with Crippen LogP contribution in [0.2, 0.25) is 0 Å². The molecule has 0 spiro atoms. The number of rotatable bonds is 6. The Hall–Kier alpha value is -7.16. The minimum atomic E-state index is 0.942. The Balaban J connectivity index is 0.000000166. The Morgan fingerprint density at radius 3 is 1.87 bits per heavy atom. The molecule has 8 aromatic rings. The summed E-state index contributed by atoms with van der Waals surface area (Å²) in [6, 6.07) is 54.0. The Labute approximate surface area is 400 Å². The SMILES string of the molecule is CC.Cc1ccc(-c2ccc3oc4c(c3c2)C(N(C2=CCCC=C2)C2=CC=CCC2)=CCC4)c2ccccc12.Cc1ccc(-c2ccccc2)cc1.Cc1ccccc1-c1c(C)cccc1C. The number of allylic oxidation sites excluding steroid dienone is 8. The van der Waals surface area contributed by atoms with E-state index in [0.29, 0.717) is 0 Å². The monoisotopic (exact) mass is 876 g/mol. The molecule has 3 aliphatic carbocycles. The van der Waals surface area contributed by atoms with E-state index >= 15 is 0 Å². The molecular formula is C65H65NO. The Bertz CT molecular complexity index is 3110. The van der Waals surface area contributed by atoms with Crippen LogP contribution in [-0.4, -0.2) is 4.90 Å². The van der Waals surface area contributed by atoms with Gasteiger partial charge in [0.25, 0.3) is 0 Å². The molecule has 3 aliphatic rings. The summed E-state index contributed by atoms with van der Waals surface area (Å²) >= 11 is 0. The number of hydrogen-bond acceptors (Lipinski definition) is 2. The van der Waals surface area contributed by atoms with Crippen LogP contribution in [0.1, 0.15) is 85.1 Å². The first-order valence-corrected chi connectivity index (χ1v) is 24.4. The van der Waals surface area contributed by atoms with E-state index in [4.69, 9.17) is 4.42 Å². The molecular weight excluding hydrogens is 811 g/mol. The Morgan fingerprint density at radius 1 is 0.463 bits per heavy atom. The van der Waals surface area contributed by atoms with Crippen LogP contribution in [0.4, 0.5) is 0 Å². The number of hydrogen-bond donors (Lipinski definition) is 0. The van der Waals surface area contributed by atoms with Gasteiger partial charge in [0.2, 0.25) is 0 Å². The van der Waals surface area contributed by atoms with Crippen LogP contribution in [0, 0.1) is 34.6 Å². The molecule has 0 radical (unpaired) electrons. The molecule has 1 heterocycles. The van der Waals surface area contributed by atoms with E-state index in [1.54, 1.807) is 0 Å². The maximum Gasteiger partial charge on any atom is 0.135 e. The van der Waals surface area contributed by atoms with Gasteiger partial charge in [-0.1, -0.05) is 189 Å². The zero-order valence-electron chi connectivity index (χ0n) is 40.6. The van der Waals surface area contributed by atoms with Gasteiger partial charge >= 0.3 is 0 Å². The molecule has 2 nitrogen and oxygen atoms in total. The summed E-state index contributed by atoms with van der Waals surface area (Å²) in [4.78, 5) is 2.50. The third kappa shape index (κ3) is 10.5. The Kier molecular flexibility index (Phi) is 15.1. The maximum atomic E-state index is 6.50. The van der Waals surface area contributed by atoms with Crippen molar-refractivity contribution in [2.45, 2.75) is 87.0 Å². The van der Waals surface area contributed by atoms with Crippen LogP contribution in [0.25, 0.3) is 60.8 Å². The van der Waals surface area contributed by atoms with Crippen molar-refractivity contribution in [3.05, 3.63) is 245 Å². The third-order valence-electron chi connectivity index (χ3n) is 13.0. The van der Waals surface area contributed by atoms with Crippen LogP contribution in [0.3, 0.4) is 0 Å². The van der Waals surface area contributed by atoms with E-state index < -0.39 is 0 Å². The van der Waals surface area contributed by atoms with Gasteiger partial charge < -0.3 is 9.32 Å². The van der Waals surface area contributed by atoms with E-state index in [0.717, 1.165) is 49.9 Å². The molecule has 0 N–H and O–H groups in total. The highest BCUT2D eigenvalue weighted by atomic mass is 16.3. The maximum absolute atomic E-state index is 6.50. The van der Waals surface area contributed by atoms with Crippen LogP contribution in [-0.2, 0) is 6.42 Å². The predicted octanol–water partition coefficient (Wildman–Crippen LogP) is 18.6. The molecule has 11 rings (SSSR count). The summed E-state index contributed by atoms with van der Waals surface area (Å²) in [5, 5.41) is 3.82. The first-order valence-electron chi connectivity index (χ1n) is 24.4. The number of aryl methyl sites for hydroxylation is 6. The van der Waals surface area contributed by atoms with Gasteiger partial charge in [-0.25, -0.2) is 0 Å². The van der Waals surface area contributed by atoms with E-state index in [1.165, 1.54) is 100 Å². The standard InChI is InChI=1S/C35H31NO.C15H16.C13H12.C2H6/c1-24-19-21-29(30-16-9-8-15-28(24)30)25-20-22-33-31(23-25)35-32(17-10-18-34(35)37-33)36(26-11-4-2-5-12-26)27-13-6-3-7-14-27;1-11-7-4-5-10-14(11)15-12(2)8-6-9-13(15)3;1-11-7-9-13(10-8-11)12-5-3-2-4-6-12;1-2/h2,4,6,8-9,11,13-17,19-23H,3,5,7,10,12,18H2,1H3;4-10H,1-3H3;2-10H,1H3;1-2H3. The molecule has 7 aromatic carbocycles. The number of benzene rings is 7. The van der Waals surface area contributed by atoms with Gasteiger partial charge in [-0.15, -0.1) is 0 Å². The van der Waals surface area contributed by atoms with Crippen molar-refractivity contribution in [3.8, 4) is 33.4 Å². The molecule has 0 bridgehead atoms. The van der Waals surface area contributed by atoms with Gasteiger partial charge in [0.1, 0.15) is 11.3 Å². The smallest absolute Gasteiger partial charge is 0.135 e. The number of fused-ring (bicyclic) bond motifs is 4. The molecule has 336 valence electrons. The van der Waals surface area contributed by atoms with Gasteiger partial charge in [0.05, 0.1) is 5.70 Å². The highest BCUT2D eigenvalue weighted by molar-refractivity contribution is 6.02. The predicted molar refractivity (Wildman–Crippen MR) is 289 cm³/mol. The highest BCUT2D eigenvalue weighted by Gasteiger charge is 2.28. The highest BCUT2D eigenvalue weighted by Crippen LogP contribution is 2.44. The van der Waals surface area contributed by atoms with Crippen molar-refractivity contribution in [2.24, 2.45) is 0 Å². The summed E-state index contributed by atoms with van der Waals surface area (Å²) in [6.07, 6.45) is 22.4. The van der Waals surface area contributed by atoms with Crippen LogP contribution >= 0.6 is 0 Å². The minimum Gasteiger partial charge on any atom is -0.460 e. The molecule has 0 saturated carbocycles. The van der Waals surface area contributed by atoms with Crippen LogP contribution in [0.5, 0.6) is 0 Å². The number of nitrogens with zero attached hydrogens (tertiary/aromatic N) is 1. The largest absolute Gasteiger partial charge is 0.460 e. The van der Waals surface area contributed by atoms with Gasteiger partial charge in [-0.3, -0.25) is 0 Å². The quantitative estimate of drug-likeness (QED) is 0.165. The molecule has 0 amide bonds. The molecule has 0 saturated heterocycles. The lowest BCUT2D eigenvalue weighted by Gasteiger charge is -2.34. The molecule has 0 aliphatic heterocycles. The minimum absolute atomic E-state index is 0.942. The average Bonchev–Trinajstić information content (AvgIpc) is 3.76. The molecule has 2 heteroatoms. The summed E-state index contributed by atoms with van der Waals surface area (Å²) in [7, 11) is 0. The fraction of sp³-hybridized carbons (Fsp3) is 0.200.